The summed E-state index contributed by atoms with van der Waals surface area (Å²) in [5.41, 5.74) is 0. The maximum absolute atomic E-state index is 11.1. The van der Waals surface area contributed by atoms with Crippen LogP contribution in [0.2, 0.25) is 0 Å². The van der Waals surface area contributed by atoms with Crippen LogP contribution in [0.25, 0.3) is 0 Å². The van der Waals surface area contributed by atoms with E-state index in [4.69, 9.17) is 25.8 Å². The molecule has 0 N–H and O–H groups in total. The Morgan fingerprint density at radius 3 is 2.61 bits per heavy atom. The average Bonchev–Trinajstić information content (AvgIpc) is 2.71. The fraction of sp³-hybridized carbons (Fsp3) is 0.667. The summed E-state index contributed by atoms with van der Waals surface area (Å²) < 4.78 is 16.0. The van der Waals surface area contributed by atoms with E-state index in [1.54, 1.807) is 13.0 Å². The first-order chi connectivity index (χ1) is 8.40. The van der Waals surface area contributed by atoms with Gasteiger partial charge in [-0.1, -0.05) is 11.6 Å². The van der Waals surface area contributed by atoms with Crippen LogP contribution in [-0.2, 0) is 23.8 Å². The van der Waals surface area contributed by atoms with Crippen LogP contribution in [0.5, 0.6) is 0 Å². The van der Waals surface area contributed by atoms with Gasteiger partial charge in [0.1, 0.15) is 18.3 Å². The first-order valence-electron chi connectivity index (χ1n) is 5.77. The SMILES string of the molecule is CC(=O)O[C@H]1[C@H]([C@H](C)OC(C)=O)[C@H]2C=C(Cl)[C@@H]1O2. The van der Waals surface area contributed by atoms with E-state index in [-0.39, 0.29) is 18.0 Å². The van der Waals surface area contributed by atoms with Crippen molar-refractivity contribution in [2.24, 2.45) is 5.92 Å². The second-order valence-electron chi connectivity index (χ2n) is 4.54. The minimum atomic E-state index is -0.501. The van der Waals surface area contributed by atoms with Crippen molar-refractivity contribution < 1.29 is 23.8 Å². The lowest BCUT2D eigenvalue weighted by Gasteiger charge is -2.29. The van der Waals surface area contributed by atoms with E-state index in [0.29, 0.717) is 5.03 Å². The molecule has 0 aromatic heterocycles. The van der Waals surface area contributed by atoms with Crippen LogP contribution in [0.15, 0.2) is 11.1 Å². The number of carbonyl (C=O) groups is 2. The van der Waals surface area contributed by atoms with Gasteiger partial charge in [-0.05, 0) is 13.0 Å². The van der Waals surface area contributed by atoms with E-state index < -0.39 is 24.3 Å². The Bertz CT molecular complexity index is 405. The molecule has 5 nitrogen and oxygen atoms in total. The summed E-state index contributed by atoms with van der Waals surface area (Å²) in [4.78, 5) is 22.1. The van der Waals surface area contributed by atoms with Gasteiger partial charge in [0.05, 0.1) is 12.0 Å². The van der Waals surface area contributed by atoms with Crippen molar-refractivity contribution in [3.63, 3.8) is 0 Å². The summed E-state index contributed by atoms with van der Waals surface area (Å²) >= 11 is 6.00. The molecule has 0 aromatic carbocycles. The molecule has 0 amide bonds. The molecule has 5 atom stereocenters. The van der Waals surface area contributed by atoms with E-state index in [1.165, 1.54) is 13.8 Å². The zero-order valence-corrected chi connectivity index (χ0v) is 11.1. The summed E-state index contributed by atoms with van der Waals surface area (Å²) in [5, 5.41) is 0.539. The zero-order chi connectivity index (χ0) is 13.4. The molecule has 0 spiro atoms. The van der Waals surface area contributed by atoms with E-state index in [9.17, 15) is 9.59 Å². The van der Waals surface area contributed by atoms with Crippen LogP contribution in [0.3, 0.4) is 0 Å². The number of carbonyl (C=O) groups excluding carboxylic acids is 2. The van der Waals surface area contributed by atoms with Gasteiger partial charge in [-0.3, -0.25) is 9.59 Å². The van der Waals surface area contributed by atoms with Crippen LogP contribution in [-0.4, -0.2) is 36.4 Å². The predicted octanol–water partition coefficient (Wildman–Crippen LogP) is 1.39. The third-order valence-corrected chi connectivity index (χ3v) is 3.49. The Morgan fingerprint density at radius 2 is 2.06 bits per heavy atom. The molecule has 2 aliphatic rings. The summed E-state index contributed by atoms with van der Waals surface area (Å²) in [6.07, 6.45) is 0.156. The third-order valence-electron chi connectivity index (χ3n) is 3.15. The Labute approximate surface area is 110 Å². The molecule has 0 saturated carbocycles. The van der Waals surface area contributed by atoms with Crippen LogP contribution in [0.4, 0.5) is 0 Å². The molecule has 100 valence electrons. The maximum atomic E-state index is 11.1. The normalized spacial score (nSPS) is 35.0. The lowest BCUT2D eigenvalue weighted by molar-refractivity contribution is -0.156. The first-order valence-corrected chi connectivity index (χ1v) is 6.15. The standard InChI is InChI=1S/C12H15ClO5/c1-5(16-6(2)14)10-9-4-8(13)11(18-9)12(10)17-7(3)15/h4-5,9-12H,1-3H3/t5-,9+,10+,11-,12-/m0/s1. The monoisotopic (exact) mass is 274 g/mol. The Hall–Kier alpha value is -1.07. The van der Waals surface area contributed by atoms with Crippen LogP contribution < -0.4 is 0 Å². The molecule has 2 heterocycles. The highest BCUT2D eigenvalue weighted by molar-refractivity contribution is 6.30. The van der Waals surface area contributed by atoms with Crippen molar-refractivity contribution in [3.05, 3.63) is 11.1 Å². The topological polar surface area (TPSA) is 61.8 Å². The summed E-state index contributed by atoms with van der Waals surface area (Å²) in [5.74, 6) is -0.993. The van der Waals surface area contributed by atoms with Crippen LogP contribution in [0.1, 0.15) is 20.8 Å². The minimum Gasteiger partial charge on any atom is -0.462 e. The van der Waals surface area contributed by atoms with Gasteiger partial charge < -0.3 is 14.2 Å². The van der Waals surface area contributed by atoms with Crippen molar-refractivity contribution in [1.29, 1.82) is 0 Å². The summed E-state index contributed by atoms with van der Waals surface area (Å²) in [6, 6.07) is 0. The number of esters is 2. The fourth-order valence-corrected chi connectivity index (χ4v) is 2.86. The van der Waals surface area contributed by atoms with Crippen molar-refractivity contribution >= 4 is 23.5 Å². The Kier molecular flexibility index (Phi) is 3.64. The van der Waals surface area contributed by atoms with Gasteiger partial charge in [0, 0.05) is 18.9 Å². The highest BCUT2D eigenvalue weighted by Crippen LogP contribution is 2.43. The number of hydrogen-bond acceptors (Lipinski definition) is 5. The van der Waals surface area contributed by atoms with Gasteiger partial charge >= 0.3 is 11.9 Å². The Balaban J connectivity index is 2.16. The maximum Gasteiger partial charge on any atom is 0.303 e. The summed E-state index contributed by atoms with van der Waals surface area (Å²) in [6.45, 7) is 4.43. The van der Waals surface area contributed by atoms with Gasteiger partial charge in [-0.2, -0.15) is 0 Å². The molecule has 0 aromatic rings. The largest absolute Gasteiger partial charge is 0.462 e. The number of ether oxygens (including phenoxy) is 3. The molecule has 6 heteroatoms. The second-order valence-corrected chi connectivity index (χ2v) is 4.98. The third kappa shape index (κ3) is 2.37. The first kappa shape index (κ1) is 13.4. The molecule has 0 aliphatic carbocycles. The van der Waals surface area contributed by atoms with E-state index in [2.05, 4.69) is 0 Å². The van der Waals surface area contributed by atoms with Crippen LogP contribution in [0, 0.1) is 5.92 Å². The molecule has 2 rings (SSSR count). The fourth-order valence-electron chi connectivity index (χ4n) is 2.56. The van der Waals surface area contributed by atoms with E-state index >= 15 is 0 Å². The molecule has 0 unspecified atom stereocenters. The smallest absolute Gasteiger partial charge is 0.303 e. The van der Waals surface area contributed by atoms with Gasteiger partial charge in [-0.15, -0.1) is 0 Å². The second kappa shape index (κ2) is 4.90. The highest BCUT2D eigenvalue weighted by atomic mass is 35.5. The lowest BCUT2D eigenvalue weighted by Crippen LogP contribution is -2.42. The molecule has 18 heavy (non-hydrogen) atoms. The van der Waals surface area contributed by atoms with Gasteiger partial charge in [0.2, 0.25) is 0 Å². The molecule has 1 saturated heterocycles. The van der Waals surface area contributed by atoms with Crippen molar-refractivity contribution in [2.45, 2.75) is 45.2 Å². The van der Waals surface area contributed by atoms with Gasteiger partial charge in [0.25, 0.3) is 0 Å². The van der Waals surface area contributed by atoms with Gasteiger partial charge in [0.15, 0.2) is 0 Å². The molecule has 2 bridgehead atoms. The molecule has 0 radical (unpaired) electrons. The quantitative estimate of drug-likeness (QED) is 0.728. The predicted molar refractivity (Wildman–Crippen MR) is 62.9 cm³/mol. The number of hydrogen-bond donors (Lipinski definition) is 0. The van der Waals surface area contributed by atoms with E-state index in [1.807, 2.05) is 0 Å². The Morgan fingerprint density at radius 1 is 1.39 bits per heavy atom. The molecule has 1 fully saturated rings. The molecular formula is C12H15ClO5. The number of fused-ring (bicyclic) bond motifs is 2. The zero-order valence-electron chi connectivity index (χ0n) is 10.4. The van der Waals surface area contributed by atoms with Crippen LogP contribution >= 0.6 is 11.6 Å². The average molecular weight is 275 g/mol. The van der Waals surface area contributed by atoms with Crippen molar-refractivity contribution in [3.8, 4) is 0 Å². The molecule has 2 aliphatic heterocycles. The highest BCUT2D eigenvalue weighted by Gasteiger charge is 2.54. The van der Waals surface area contributed by atoms with E-state index in [0.717, 1.165) is 0 Å². The van der Waals surface area contributed by atoms with Gasteiger partial charge in [-0.25, -0.2) is 0 Å². The lowest BCUT2D eigenvalue weighted by atomic mass is 9.87. The molecular weight excluding hydrogens is 260 g/mol. The number of rotatable bonds is 3. The number of halogens is 1. The van der Waals surface area contributed by atoms with Crippen molar-refractivity contribution in [1.82, 2.24) is 0 Å². The summed E-state index contributed by atoms with van der Waals surface area (Å²) in [7, 11) is 0. The van der Waals surface area contributed by atoms with Crippen molar-refractivity contribution in [2.75, 3.05) is 0 Å². The minimum absolute atomic E-state index is 0.217.